The Bertz CT molecular complexity index is 340. The maximum atomic E-state index is 9.06. The smallest absolute Gasteiger partial charge is 0.493 e. The first-order valence-electron chi connectivity index (χ1n) is 5.78. The highest BCUT2D eigenvalue weighted by Gasteiger charge is 2.17. The molecule has 0 aromatic heterocycles. The van der Waals surface area contributed by atoms with E-state index in [1.165, 1.54) is 5.56 Å². The van der Waals surface area contributed by atoms with Crippen LogP contribution < -0.4 is 4.74 Å². The van der Waals surface area contributed by atoms with E-state index in [4.69, 9.17) is 24.9 Å². The molecular formula is C12H21BO5S. The minimum atomic E-state index is -2.17. The van der Waals surface area contributed by atoms with Crippen LogP contribution in [0, 0.1) is 5.41 Å². The Labute approximate surface area is 119 Å². The van der Waals surface area contributed by atoms with Gasteiger partial charge in [-0.3, -0.25) is 0 Å². The molecule has 1 aromatic rings. The molecule has 1 rings (SSSR count). The zero-order valence-corrected chi connectivity index (χ0v) is 12.0. The molecule has 7 heteroatoms. The molecule has 0 heterocycles. The predicted molar refractivity (Wildman–Crippen MR) is 77.9 cm³/mol. The van der Waals surface area contributed by atoms with Crippen LogP contribution in [-0.2, 0) is 5.75 Å². The van der Waals surface area contributed by atoms with E-state index in [0.29, 0.717) is 6.61 Å². The van der Waals surface area contributed by atoms with Crippen LogP contribution in [-0.4, -0.2) is 40.7 Å². The normalized spacial score (nSPS) is 10.5. The van der Waals surface area contributed by atoms with Gasteiger partial charge >= 0.3 is 7.32 Å². The molecule has 108 valence electrons. The topological polar surface area (TPSA) is 90.2 Å². The summed E-state index contributed by atoms with van der Waals surface area (Å²) in [4.78, 5) is 0. The summed E-state index contributed by atoms with van der Waals surface area (Å²) in [5, 5.41) is 30.6. The van der Waals surface area contributed by atoms with Crippen molar-refractivity contribution in [1.29, 1.82) is 0 Å². The van der Waals surface area contributed by atoms with Gasteiger partial charge in [0, 0.05) is 11.2 Å². The number of aliphatic hydroxyl groups excluding tert-OH is 1. The van der Waals surface area contributed by atoms with Crippen molar-refractivity contribution in [3.8, 4) is 5.75 Å². The van der Waals surface area contributed by atoms with E-state index in [1.54, 1.807) is 0 Å². The predicted octanol–water partition coefficient (Wildman–Crippen LogP) is 0.462. The molecule has 5 nitrogen and oxygen atoms in total. The van der Waals surface area contributed by atoms with Crippen LogP contribution in [0.5, 0.6) is 5.75 Å². The van der Waals surface area contributed by atoms with Crippen molar-refractivity contribution in [2.75, 3.05) is 13.2 Å². The molecule has 0 radical (unpaired) electrons. The van der Waals surface area contributed by atoms with Gasteiger partial charge in [0.15, 0.2) is 0 Å². The molecule has 1 aromatic carbocycles. The van der Waals surface area contributed by atoms with E-state index in [1.807, 2.05) is 38.1 Å². The lowest BCUT2D eigenvalue weighted by Crippen LogP contribution is -2.25. The average molecular weight is 288 g/mol. The van der Waals surface area contributed by atoms with Crippen LogP contribution in [0.1, 0.15) is 19.4 Å². The van der Waals surface area contributed by atoms with Gasteiger partial charge in [-0.15, -0.1) is 0 Å². The highest BCUT2D eigenvalue weighted by molar-refractivity contribution is 7.79. The van der Waals surface area contributed by atoms with Crippen molar-refractivity contribution in [2.24, 2.45) is 5.41 Å². The summed E-state index contributed by atoms with van der Waals surface area (Å²) in [6.07, 6.45) is 0. The molecular weight excluding hydrogens is 267 g/mol. The fraction of sp³-hybridized carbons (Fsp3) is 0.500. The van der Waals surface area contributed by atoms with E-state index in [2.05, 4.69) is 12.6 Å². The summed E-state index contributed by atoms with van der Waals surface area (Å²) >= 11 is 4.18. The number of hydrogen-bond donors (Lipinski definition) is 5. The molecule has 0 amide bonds. The average Bonchev–Trinajstić information content (AvgIpc) is 2.36. The van der Waals surface area contributed by atoms with Crippen molar-refractivity contribution in [1.82, 2.24) is 0 Å². The third-order valence-corrected chi connectivity index (χ3v) is 2.53. The summed E-state index contributed by atoms with van der Waals surface area (Å²) in [5.41, 5.74) is 0.981. The molecule has 0 unspecified atom stereocenters. The first-order chi connectivity index (χ1) is 8.80. The fourth-order valence-corrected chi connectivity index (χ4v) is 1.23. The maximum absolute atomic E-state index is 9.06. The van der Waals surface area contributed by atoms with Crippen LogP contribution in [0.3, 0.4) is 0 Å². The van der Waals surface area contributed by atoms with Gasteiger partial charge in [-0.25, -0.2) is 0 Å². The minimum absolute atomic E-state index is 0.127. The van der Waals surface area contributed by atoms with Crippen molar-refractivity contribution >= 4 is 20.0 Å². The lowest BCUT2D eigenvalue weighted by molar-refractivity contribution is 0.0975. The van der Waals surface area contributed by atoms with Crippen molar-refractivity contribution in [3.63, 3.8) is 0 Å². The molecule has 4 N–H and O–H groups in total. The third-order valence-electron chi connectivity index (χ3n) is 2.16. The van der Waals surface area contributed by atoms with Crippen molar-refractivity contribution in [3.05, 3.63) is 29.8 Å². The molecule has 0 spiro atoms. The summed E-state index contributed by atoms with van der Waals surface area (Å²) in [7, 11) is -2.17. The Kier molecular flexibility index (Phi) is 8.87. The lowest BCUT2D eigenvalue weighted by atomic mass is 9.96. The Balaban J connectivity index is 0.000000711. The van der Waals surface area contributed by atoms with Gasteiger partial charge in [0.25, 0.3) is 0 Å². The SMILES string of the molecule is CC(C)(CO)COc1ccc(CS)cc1.OB(O)O. The Hall–Kier alpha value is -0.725. The van der Waals surface area contributed by atoms with Crippen molar-refractivity contribution < 1.29 is 24.9 Å². The Morgan fingerprint density at radius 2 is 1.63 bits per heavy atom. The summed E-state index contributed by atoms with van der Waals surface area (Å²) in [5.74, 6) is 1.57. The largest absolute Gasteiger partial charge is 0.631 e. The van der Waals surface area contributed by atoms with Gasteiger partial charge in [0.2, 0.25) is 0 Å². The number of thiol groups is 1. The maximum Gasteiger partial charge on any atom is 0.631 e. The zero-order chi connectivity index (χ0) is 14.9. The van der Waals surface area contributed by atoms with Crippen LogP contribution >= 0.6 is 12.6 Å². The monoisotopic (exact) mass is 288 g/mol. The van der Waals surface area contributed by atoms with E-state index >= 15 is 0 Å². The van der Waals surface area contributed by atoms with Gasteiger partial charge in [0.1, 0.15) is 5.75 Å². The minimum Gasteiger partial charge on any atom is -0.493 e. The number of benzene rings is 1. The Morgan fingerprint density at radius 3 is 2.00 bits per heavy atom. The highest BCUT2D eigenvalue weighted by atomic mass is 32.1. The molecule has 0 aliphatic heterocycles. The van der Waals surface area contributed by atoms with Gasteiger partial charge in [0.05, 0.1) is 13.2 Å². The van der Waals surface area contributed by atoms with Crippen LogP contribution in [0.25, 0.3) is 0 Å². The van der Waals surface area contributed by atoms with Gasteiger partial charge in [-0.2, -0.15) is 12.6 Å². The lowest BCUT2D eigenvalue weighted by Gasteiger charge is -2.21. The summed E-state index contributed by atoms with van der Waals surface area (Å²) < 4.78 is 5.58. The standard InChI is InChI=1S/C12H18O2S.BH3O3/c1-12(2,8-13)9-14-11-5-3-10(7-15)4-6-11;2-1(3)4/h3-6,13,15H,7-9H2,1-2H3;2-4H. The number of aliphatic hydroxyl groups is 1. The molecule has 19 heavy (non-hydrogen) atoms. The van der Waals surface area contributed by atoms with E-state index in [-0.39, 0.29) is 12.0 Å². The highest BCUT2D eigenvalue weighted by Crippen LogP contribution is 2.18. The molecule has 0 fully saturated rings. The second kappa shape index (κ2) is 9.22. The van der Waals surface area contributed by atoms with Crippen LogP contribution in [0.4, 0.5) is 0 Å². The second-order valence-electron chi connectivity index (χ2n) is 4.76. The van der Waals surface area contributed by atoms with Gasteiger partial charge in [-0.05, 0) is 17.7 Å². The van der Waals surface area contributed by atoms with Gasteiger partial charge < -0.3 is 24.9 Å². The fourth-order valence-electron chi connectivity index (χ4n) is 1.02. The number of rotatable bonds is 5. The van der Waals surface area contributed by atoms with Crippen molar-refractivity contribution in [2.45, 2.75) is 19.6 Å². The van der Waals surface area contributed by atoms with Crippen LogP contribution in [0.15, 0.2) is 24.3 Å². The molecule has 0 saturated heterocycles. The molecule has 0 aliphatic rings. The Morgan fingerprint density at radius 1 is 1.16 bits per heavy atom. The van der Waals surface area contributed by atoms with Crippen LogP contribution in [0.2, 0.25) is 0 Å². The molecule has 0 bridgehead atoms. The number of ether oxygens (including phenoxy) is 1. The third kappa shape index (κ3) is 9.81. The summed E-state index contributed by atoms with van der Waals surface area (Å²) in [6.45, 7) is 4.58. The second-order valence-corrected chi connectivity index (χ2v) is 5.08. The molecule has 0 atom stereocenters. The molecule has 0 aliphatic carbocycles. The van der Waals surface area contributed by atoms with E-state index < -0.39 is 7.32 Å². The van der Waals surface area contributed by atoms with Gasteiger partial charge in [-0.1, -0.05) is 26.0 Å². The van der Waals surface area contributed by atoms with E-state index in [0.717, 1.165) is 11.5 Å². The quantitative estimate of drug-likeness (QED) is 0.401. The summed E-state index contributed by atoms with van der Waals surface area (Å²) in [6, 6.07) is 7.85. The zero-order valence-electron chi connectivity index (χ0n) is 11.2. The van der Waals surface area contributed by atoms with E-state index in [9.17, 15) is 0 Å². The first kappa shape index (κ1) is 18.3. The number of hydrogen-bond acceptors (Lipinski definition) is 6. The molecule has 0 saturated carbocycles. The first-order valence-corrected chi connectivity index (χ1v) is 6.41.